The first-order valence-electron chi connectivity index (χ1n) is 13.0. The van der Waals surface area contributed by atoms with Gasteiger partial charge in [-0.25, -0.2) is 4.79 Å². The number of Topliss-reactive ketones (excluding diaryl/α,β-unsaturated/α-hetero) is 1. The monoisotopic (exact) mass is 597 g/mol. The van der Waals surface area contributed by atoms with Crippen molar-refractivity contribution in [3.63, 3.8) is 0 Å². The van der Waals surface area contributed by atoms with Gasteiger partial charge in [0.25, 0.3) is 0 Å². The van der Waals surface area contributed by atoms with Crippen LogP contribution in [0.15, 0.2) is 63.4 Å². The lowest BCUT2D eigenvalue weighted by Crippen LogP contribution is -2.36. The van der Waals surface area contributed by atoms with Gasteiger partial charge in [0, 0.05) is 41.8 Å². The van der Waals surface area contributed by atoms with Gasteiger partial charge in [-0.15, -0.1) is 0 Å². The minimum atomic E-state index is -0.699. The first-order chi connectivity index (χ1) is 18.8. The molecule has 2 aromatic rings. The van der Waals surface area contributed by atoms with Crippen molar-refractivity contribution in [1.82, 2.24) is 5.32 Å². The van der Waals surface area contributed by atoms with Crippen molar-refractivity contribution in [3.8, 4) is 17.2 Å². The van der Waals surface area contributed by atoms with Gasteiger partial charge in [-0.05, 0) is 71.4 Å². The second kappa shape index (κ2) is 11.4. The SMILES string of the molecule is COc1ccccc1[C@@H]1CC(=O)C2=C(C1)NC(C)=C(C(=O)OC[C@H]1CCCO1)[C@@H]2c1cc(Br)c(O)c(OC)c1. The molecule has 0 aromatic heterocycles. The quantitative estimate of drug-likeness (QED) is 0.417. The summed E-state index contributed by atoms with van der Waals surface area (Å²) in [4.78, 5) is 27.5. The van der Waals surface area contributed by atoms with Crippen molar-refractivity contribution < 1.29 is 33.6 Å². The highest BCUT2D eigenvalue weighted by atomic mass is 79.9. The molecule has 0 spiro atoms. The number of hydrogen-bond acceptors (Lipinski definition) is 8. The Bertz CT molecular complexity index is 1360. The number of allylic oxidation sites excluding steroid dienone is 3. The molecule has 3 atom stereocenters. The van der Waals surface area contributed by atoms with E-state index in [9.17, 15) is 14.7 Å². The van der Waals surface area contributed by atoms with Crippen LogP contribution in [-0.2, 0) is 19.1 Å². The molecule has 3 aliphatic rings. The number of benzene rings is 2. The maximum absolute atomic E-state index is 13.9. The molecule has 5 rings (SSSR count). The molecule has 8 nitrogen and oxygen atoms in total. The highest BCUT2D eigenvalue weighted by Gasteiger charge is 2.42. The number of phenolic OH excluding ortho intramolecular Hbond substituents is 1. The zero-order valence-electron chi connectivity index (χ0n) is 22.2. The third kappa shape index (κ3) is 5.30. The largest absolute Gasteiger partial charge is 0.503 e. The molecule has 1 aliphatic carbocycles. The third-order valence-corrected chi connectivity index (χ3v) is 8.26. The molecule has 2 aromatic carbocycles. The molecule has 1 fully saturated rings. The molecule has 0 unspecified atom stereocenters. The predicted molar refractivity (Wildman–Crippen MR) is 148 cm³/mol. The second-order valence-corrected chi connectivity index (χ2v) is 10.9. The average molecular weight is 598 g/mol. The van der Waals surface area contributed by atoms with Crippen LogP contribution < -0.4 is 14.8 Å². The van der Waals surface area contributed by atoms with Crippen LogP contribution in [-0.4, -0.2) is 50.4 Å². The van der Waals surface area contributed by atoms with E-state index in [1.807, 2.05) is 31.2 Å². The zero-order valence-corrected chi connectivity index (χ0v) is 23.8. The van der Waals surface area contributed by atoms with E-state index in [0.717, 1.165) is 29.9 Å². The summed E-state index contributed by atoms with van der Waals surface area (Å²) in [6, 6.07) is 11.1. The summed E-state index contributed by atoms with van der Waals surface area (Å²) in [7, 11) is 3.08. The summed E-state index contributed by atoms with van der Waals surface area (Å²) in [5.41, 5.74) is 3.87. The molecule has 0 bridgehead atoms. The maximum atomic E-state index is 13.9. The van der Waals surface area contributed by atoms with E-state index in [4.69, 9.17) is 18.9 Å². The van der Waals surface area contributed by atoms with Crippen molar-refractivity contribution in [1.29, 1.82) is 0 Å². The Labute approximate surface area is 236 Å². The first-order valence-corrected chi connectivity index (χ1v) is 13.8. The van der Waals surface area contributed by atoms with E-state index in [2.05, 4.69) is 21.2 Å². The molecular formula is C30H32BrNO7. The molecule has 0 radical (unpaired) electrons. The Kier molecular flexibility index (Phi) is 8.00. The van der Waals surface area contributed by atoms with E-state index >= 15 is 0 Å². The number of hydrogen-bond donors (Lipinski definition) is 2. The minimum Gasteiger partial charge on any atom is -0.503 e. The van der Waals surface area contributed by atoms with Gasteiger partial charge in [0.15, 0.2) is 17.3 Å². The van der Waals surface area contributed by atoms with Crippen LogP contribution >= 0.6 is 15.9 Å². The van der Waals surface area contributed by atoms with Crippen molar-refractivity contribution >= 4 is 27.7 Å². The lowest BCUT2D eigenvalue weighted by atomic mass is 9.71. The topological polar surface area (TPSA) is 103 Å². The smallest absolute Gasteiger partial charge is 0.336 e. The van der Waals surface area contributed by atoms with E-state index in [-0.39, 0.29) is 42.3 Å². The fourth-order valence-corrected chi connectivity index (χ4v) is 6.26. The number of para-hydroxylation sites is 1. The Morgan fingerprint density at radius 2 is 1.92 bits per heavy atom. The highest BCUT2D eigenvalue weighted by Crippen LogP contribution is 2.49. The van der Waals surface area contributed by atoms with E-state index in [1.165, 1.54) is 7.11 Å². The number of nitrogens with one attached hydrogen (secondary N) is 1. The number of carbonyl (C=O) groups is 2. The molecule has 9 heteroatoms. The van der Waals surface area contributed by atoms with Gasteiger partial charge in [0.1, 0.15) is 12.4 Å². The summed E-state index contributed by atoms with van der Waals surface area (Å²) < 4.78 is 22.7. The fourth-order valence-electron chi connectivity index (χ4n) is 5.80. The lowest BCUT2D eigenvalue weighted by Gasteiger charge is -2.37. The normalized spacial score (nSPS) is 22.9. The van der Waals surface area contributed by atoms with Gasteiger partial charge in [-0.1, -0.05) is 18.2 Å². The van der Waals surface area contributed by atoms with Crippen molar-refractivity contribution in [2.75, 3.05) is 27.4 Å². The van der Waals surface area contributed by atoms with Crippen LogP contribution in [0.25, 0.3) is 0 Å². The van der Waals surface area contributed by atoms with Crippen LogP contribution in [0.1, 0.15) is 55.6 Å². The van der Waals surface area contributed by atoms with Gasteiger partial charge in [0.2, 0.25) is 0 Å². The lowest BCUT2D eigenvalue weighted by molar-refractivity contribution is -0.142. The summed E-state index contributed by atoms with van der Waals surface area (Å²) in [5, 5.41) is 13.8. The molecular weight excluding hydrogens is 566 g/mol. The summed E-state index contributed by atoms with van der Waals surface area (Å²) in [6.45, 7) is 2.64. The number of esters is 1. The molecule has 39 heavy (non-hydrogen) atoms. The van der Waals surface area contributed by atoms with Crippen LogP contribution in [0.4, 0.5) is 0 Å². The molecule has 2 N–H and O–H groups in total. The van der Waals surface area contributed by atoms with Crippen LogP contribution in [0.2, 0.25) is 0 Å². The summed E-state index contributed by atoms with van der Waals surface area (Å²) >= 11 is 3.40. The van der Waals surface area contributed by atoms with Gasteiger partial charge in [-0.3, -0.25) is 4.79 Å². The summed E-state index contributed by atoms with van der Waals surface area (Å²) in [5.74, 6) is -0.430. The van der Waals surface area contributed by atoms with E-state index < -0.39 is 11.9 Å². The van der Waals surface area contributed by atoms with Crippen molar-refractivity contribution in [3.05, 3.63) is 74.5 Å². The van der Waals surface area contributed by atoms with Gasteiger partial charge >= 0.3 is 5.97 Å². The molecule has 2 heterocycles. The van der Waals surface area contributed by atoms with Gasteiger partial charge < -0.3 is 29.4 Å². The standard InChI is InChI=1S/C30H32BrNO7/c1-16-26(30(35)39-15-19-7-6-10-38-19)27(18-11-21(31)29(34)25(14-18)37-3)28-22(32-16)12-17(13-23(28)33)20-8-4-5-9-24(20)36-2/h4-5,8-9,11,14,17,19,27,32,34H,6-7,10,12-13,15H2,1-3H3/t17-,19+,27-/m0/s1. The molecule has 0 amide bonds. The number of dihydropyridines is 1. The predicted octanol–water partition coefficient (Wildman–Crippen LogP) is 5.26. The Balaban J connectivity index is 1.57. The summed E-state index contributed by atoms with van der Waals surface area (Å²) in [6.07, 6.45) is 2.50. The molecule has 2 aliphatic heterocycles. The maximum Gasteiger partial charge on any atom is 0.336 e. The average Bonchev–Trinajstić information content (AvgIpc) is 3.46. The second-order valence-electron chi connectivity index (χ2n) is 10.0. The molecule has 1 saturated heterocycles. The number of ketones is 1. The zero-order chi connectivity index (χ0) is 27.7. The third-order valence-electron chi connectivity index (χ3n) is 7.65. The number of halogens is 1. The minimum absolute atomic E-state index is 0.0567. The first kappa shape index (κ1) is 27.3. The Hall–Kier alpha value is -3.30. The fraction of sp³-hybridized carbons (Fsp3) is 0.400. The van der Waals surface area contributed by atoms with E-state index in [1.54, 1.807) is 19.2 Å². The Morgan fingerprint density at radius 1 is 1.15 bits per heavy atom. The number of carbonyl (C=O) groups excluding carboxylic acids is 2. The van der Waals surface area contributed by atoms with Crippen molar-refractivity contribution in [2.24, 2.45) is 0 Å². The van der Waals surface area contributed by atoms with Crippen molar-refractivity contribution in [2.45, 2.75) is 50.5 Å². The van der Waals surface area contributed by atoms with Crippen LogP contribution in [0.5, 0.6) is 17.2 Å². The van der Waals surface area contributed by atoms with E-state index in [0.29, 0.717) is 39.9 Å². The number of methoxy groups -OCH3 is 2. The number of phenols is 1. The van der Waals surface area contributed by atoms with Gasteiger partial charge in [0.05, 0.1) is 30.4 Å². The number of aromatic hydroxyl groups is 1. The molecule has 0 saturated carbocycles. The number of rotatable bonds is 7. The molecule has 206 valence electrons. The Morgan fingerprint density at radius 3 is 2.64 bits per heavy atom. The van der Waals surface area contributed by atoms with Crippen LogP contribution in [0, 0.1) is 0 Å². The number of ether oxygens (including phenoxy) is 4. The van der Waals surface area contributed by atoms with Crippen LogP contribution in [0.3, 0.4) is 0 Å². The van der Waals surface area contributed by atoms with Gasteiger partial charge in [-0.2, -0.15) is 0 Å². The highest BCUT2D eigenvalue weighted by molar-refractivity contribution is 9.10.